The molecule has 0 amide bonds. The lowest BCUT2D eigenvalue weighted by Gasteiger charge is -2.46. The first-order valence-corrected chi connectivity index (χ1v) is 6.72. The second kappa shape index (κ2) is 4.71. The lowest BCUT2D eigenvalue weighted by atomic mass is 9.81. The van der Waals surface area contributed by atoms with E-state index in [-0.39, 0.29) is 17.2 Å². The van der Waals surface area contributed by atoms with Gasteiger partial charge in [-0.25, -0.2) is 4.98 Å². The van der Waals surface area contributed by atoms with E-state index in [2.05, 4.69) is 38.0 Å². The van der Waals surface area contributed by atoms with Crippen molar-refractivity contribution >= 4 is 11.6 Å². The van der Waals surface area contributed by atoms with E-state index in [1.807, 2.05) is 6.07 Å². The fourth-order valence-electron chi connectivity index (χ4n) is 2.93. The number of hydrogen-bond acceptors (Lipinski definition) is 3. The molecule has 1 saturated heterocycles. The van der Waals surface area contributed by atoms with Crippen LogP contribution in [0.3, 0.4) is 0 Å². The van der Waals surface area contributed by atoms with Crippen LogP contribution in [0.1, 0.15) is 40.5 Å². The Morgan fingerprint density at radius 2 is 1.89 bits per heavy atom. The normalized spacial score (nSPS) is 22.7. The first-order chi connectivity index (χ1) is 8.27. The van der Waals surface area contributed by atoms with E-state index in [1.54, 1.807) is 12.3 Å². The molecule has 0 aromatic carbocycles. The van der Waals surface area contributed by atoms with E-state index in [1.165, 1.54) is 0 Å². The highest BCUT2D eigenvalue weighted by atomic mass is 35.5. The second-order valence-corrected chi connectivity index (χ2v) is 6.74. The summed E-state index contributed by atoms with van der Waals surface area (Å²) in [5.41, 5.74) is 0.126. The van der Waals surface area contributed by atoms with Crippen molar-refractivity contribution in [1.29, 1.82) is 0 Å². The third kappa shape index (κ3) is 3.36. The fraction of sp³-hybridized carbons (Fsp3) is 0.643. The van der Waals surface area contributed by atoms with Gasteiger partial charge in [-0.1, -0.05) is 11.6 Å². The van der Waals surface area contributed by atoms with Gasteiger partial charge in [0.2, 0.25) is 5.88 Å². The van der Waals surface area contributed by atoms with E-state index in [4.69, 9.17) is 16.3 Å². The molecule has 100 valence electrons. The van der Waals surface area contributed by atoms with Crippen molar-refractivity contribution in [2.75, 3.05) is 0 Å². The summed E-state index contributed by atoms with van der Waals surface area (Å²) in [4.78, 5) is 4.19. The molecule has 0 atom stereocenters. The van der Waals surface area contributed by atoms with Crippen LogP contribution in [0.4, 0.5) is 0 Å². The van der Waals surface area contributed by atoms with Gasteiger partial charge in [-0.2, -0.15) is 0 Å². The summed E-state index contributed by atoms with van der Waals surface area (Å²) in [6.07, 6.45) is 3.74. The predicted octanol–water partition coefficient (Wildman–Crippen LogP) is 3.42. The highest BCUT2D eigenvalue weighted by Gasteiger charge is 2.39. The molecule has 0 bridgehead atoms. The van der Waals surface area contributed by atoms with Crippen LogP contribution in [0, 0.1) is 0 Å². The molecule has 0 spiro atoms. The first kappa shape index (κ1) is 13.6. The van der Waals surface area contributed by atoms with E-state index in [0.717, 1.165) is 12.8 Å². The minimum atomic E-state index is 0.0632. The molecule has 1 aromatic heterocycles. The van der Waals surface area contributed by atoms with Crippen LogP contribution in [-0.4, -0.2) is 22.2 Å². The maximum Gasteiger partial charge on any atom is 0.232 e. The minimum absolute atomic E-state index is 0.0632. The first-order valence-electron chi connectivity index (χ1n) is 6.34. The molecule has 3 nitrogen and oxygen atoms in total. The number of aromatic nitrogens is 1. The SMILES string of the molecule is CC1(C)CC(Oc2ncccc2Cl)CC(C)(C)N1. The van der Waals surface area contributed by atoms with Crippen molar-refractivity contribution in [1.82, 2.24) is 10.3 Å². The number of nitrogens with zero attached hydrogens (tertiary/aromatic N) is 1. The number of piperidine rings is 1. The van der Waals surface area contributed by atoms with Gasteiger partial charge in [0.25, 0.3) is 0 Å². The van der Waals surface area contributed by atoms with Crippen LogP contribution in [0.25, 0.3) is 0 Å². The number of ether oxygens (including phenoxy) is 1. The van der Waals surface area contributed by atoms with Gasteiger partial charge < -0.3 is 10.1 Å². The third-order valence-corrected chi connectivity index (χ3v) is 3.44. The predicted molar refractivity (Wildman–Crippen MR) is 74.2 cm³/mol. The van der Waals surface area contributed by atoms with Crippen LogP contribution in [0.15, 0.2) is 18.3 Å². The number of rotatable bonds is 2. The Bertz CT molecular complexity index is 416. The molecule has 2 heterocycles. The van der Waals surface area contributed by atoms with Crippen LogP contribution < -0.4 is 10.1 Å². The highest BCUT2D eigenvalue weighted by molar-refractivity contribution is 6.31. The van der Waals surface area contributed by atoms with Crippen LogP contribution in [0.2, 0.25) is 5.02 Å². The van der Waals surface area contributed by atoms with Crippen molar-refractivity contribution in [3.05, 3.63) is 23.4 Å². The Kier molecular flexibility index (Phi) is 3.56. The van der Waals surface area contributed by atoms with Gasteiger partial charge >= 0.3 is 0 Å². The van der Waals surface area contributed by atoms with Crippen molar-refractivity contribution in [3.8, 4) is 5.88 Å². The van der Waals surface area contributed by atoms with E-state index >= 15 is 0 Å². The summed E-state index contributed by atoms with van der Waals surface area (Å²) in [5, 5.41) is 4.20. The van der Waals surface area contributed by atoms with Gasteiger partial charge in [0, 0.05) is 30.1 Å². The van der Waals surface area contributed by atoms with Crippen LogP contribution in [0.5, 0.6) is 5.88 Å². The van der Waals surface area contributed by atoms with Gasteiger partial charge in [-0.05, 0) is 39.8 Å². The molecule has 1 aromatic rings. The Hall–Kier alpha value is -0.800. The zero-order chi connectivity index (χ0) is 13.4. The zero-order valence-electron chi connectivity index (χ0n) is 11.5. The molecule has 0 saturated carbocycles. The maximum atomic E-state index is 6.08. The lowest BCUT2D eigenvalue weighted by molar-refractivity contribution is 0.0531. The largest absolute Gasteiger partial charge is 0.473 e. The van der Waals surface area contributed by atoms with E-state index in [0.29, 0.717) is 10.9 Å². The summed E-state index contributed by atoms with van der Waals surface area (Å²) < 4.78 is 5.97. The standard InChI is InChI=1S/C14H21ClN2O/c1-13(2)8-10(9-14(3,4)17-13)18-12-11(15)6-5-7-16-12/h5-7,10,17H,8-9H2,1-4H3. The molecule has 1 N–H and O–H groups in total. The summed E-state index contributed by atoms with van der Waals surface area (Å²) in [5.74, 6) is 0.540. The molecule has 4 heteroatoms. The molecule has 0 radical (unpaired) electrons. The zero-order valence-corrected chi connectivity index (χ0v) is 12.2. The molecule has 1 aliphatic heterocycles. The summed E-state index contributed by atoms with van der Waals surface area (Å²) in [6, 6.07) is 3.62. The van der Waals surface area contributed by atoms with Crippen molar-refractivity contribution in [3.63, 3.8) is 0 Å². The van der Waals surface area contributed by atoms with E-state index in [9.17, 15) is 0 Å². The molecule has 18 heavy (non-hydrogen) atoms. The van der Waals surface area contributed by atoms with Crippen molar-refractivity contribution < 1.29 is 4.74 Å². The van der Waals surface area contributed by atoms with Crippen LogP contribution >= 0.6 is 11.6 Å². The Labute approximate surface area is 114 Å². The highest BCUT2D eigenvalue weighted by Crippen LogP contribution is 2.32. The number of nitrogens with one attached hydrogen (secondary N) is 1. The molecule has 2 rings (SSSR count). The molecule has 1 aliphatic rings. The van der Waals surface area contributed by atoms with Crippen molar-refractivity contribution in [2.24, 2.45) is 0 Å². The average molecular weight is 269 g/mol. The summed E-state index contributed by atoms with van der Waals surface area (Å²) in [7, 11) is 0. The fourth-order valence-corrected chi connectivity index (χ4v) is 3.09. The van der Waals surface area contributed by atoms with Gasteiger partial charge in [-0.15, -0.1) is 0 Å². The Balaban J connectivity index is 2.12. The average Bonchev–Trinajstić information content (AvgIpc) is 2.16. The van der Waals surface area contributed by atoms with Gasteiger partial charge in [0.1, 0.15) is 11.1 Å². The van der Waals surface area contributed by atoms with Crippen molar-refractivity contribution in [2.45, 2.75) is 57.7 Å². The molecule has 0 aliphatic carbocycles. The number of halogens is 1. The molecule has 1 fully saturated rings. The minimum Gasteiger partial charge on any atom is -0.473 e. The summed E-state index contributed by atoms with van der Waals surface area (Å²) in [6.45, 7) is 8.79. The molecular weight excluding hydrogens is 248 g/mol. The van der Waals surface area contributed by atoms with Gasteiger partial charge in [0.05, 0.1) is 0 Å². The smallest absolute Gasteiger partial charge is 0.232 e. The Morgan fingerprint density at radius 3 is 2.44 bits per heavy atom. The quantitative estimate of drug-likeness (QED) is 0.892. The lowest BCUT2D eigenvalue weighted by Crippen LogP contribution is -2.60. The van der Waals surface area contributed by atoms with Gasteiger partial charge in [-0.3, -0.25) is 0 Å². The summed E-state index contributed by atoms with van der Waals surface area (Å²) >= 11 is 6.08. The Morgan fingerprint density at radius 1 is 1.28 bits per heavy atom. The second-order valence-electron chi connectivity index (χ2n) is 6.33. The topological polar surface area (TPSA) is 34.1 Å². The number of pyridine rings is 1. The van der Waals surface area contributed by atoms with Gasteiger partial charge in [0.15, 0.2) is 0 Å². The number of hydrogen-bond donors (Lipinski definition) is 1. The monoisotopic (exact) mass is 268 g/mol. The molecule has 0 unspecified atom stereocenters. The molecular formula is C14H21ClN2O. The maximum absolute atomic E-state index is 6.08. The van der Waals surface area contributed by atoms with Crippen LogP contribution in [-0.2, 0) is 0 Å². The van der Waals surface area contributed by atoms with E-state index < -0.39 is 0 Å². The third-order valence-electron chi connectivity index (χ3n) is 3.16.